The molecule has 2 aromatic rings. The number of benzene rings is 2. The number of rotatable bonds is 7. The maximum Gasteiger partial charge on any atom is 0.259 e. The van der Waals surface area contributed by atoms with Crippen LogP contribution in [0.3, 0.4) is 0 Å². The van der Waals surface area contributed by atoms with Crippen molar-refractivity contribution < 1.29 is 17.9 Å². The smallest absolute Gasteiger partial charge is 0.259 e. The standard InChI is InChI=1S/C22H28N2O4S/c1-3-16-28-21-7-5-4-6-20(21)22(25)23-18-8-10-19(11-9-18)29(26,27)24-14-12-17(2)13-15-24/h4-11,17H,3,12-16H2,1-2H3,(H,23,25). The van der Waals surface area contributed by atoms with Gasteiger partial charge in [-0.1, -0.05) is 26.0 Å². The number of para-hydroxylation sites is 1. The predicted molar refractivity (Wildman–Crippen MR) is 114 cm³/mol. The summed E-state index contributed by atoms with van der Waals surface area (Å²) >= 11 is 0. The third kappa shape index (κ3) is 5.16. The van der Waals surface area contributed by atoms with E-state index < -0.39 is 10.0 Å². The average Bonchev–Trinajstić information content (AvgIpc) is 2.73. The van der Waals surface area contributed by atoms with Crippen LogP contribution in [0.25, 0.3) is 0 Å². The molecule has 0 unspecified atom stereocenters. The summed E-state index contributed by atoms with van der Waals surface area (Å²) in [6.45, 7) is 5.79. The van der Waals surface area contributed by atoms with E-state index in [0.717, 1.165) is 19.3 Å². The maximum absolute atomic E-state index is 12.8. The lowest BCUT2D eigenvalue weighted by Crippen LogP contribution is -2.37. The van der Waals surface area contributed by atoms with Crippen molar-refractivity contribution in [2.75, 3.05) is 25.0 Å². The number of nitrogens with zero attached hydrogens (tertiary/aromatic N) is 1. The van der Waals surface area contributed by atoms with Gasteiger partial charge in [-0.2, -0.15) is 4.31 Å². The summed E-state index contributed by atoms with van der Waals surface area (Å²) in [4.78, 5) is 12.9. The fourth-order valence-electron chi connectivity index (χ4n) is 3.28. The zero-order valence-corrected chi connectivity index (χ0v) is 17.7. The summed E-state index contributed by atoms with van der Waals surface area (Å²) in [7, 11) is -3.50. The largest absolute Gasteiger partial charge is 0.493 e. The second-order valence-electron chi connectivity index (χ2n) is 7.41. The molecule has 0 saturated carbocycles. The van der Waals surface area contributed by atoms with Crippen molar-refractivity contribution in [3.63, 3.8) is 0 Å². The fourth-order valence-corrected chi connectivity index (χ4v) is 4.74. The molecule has 2 aromatic carbocycles. The highest BCUT2D eigenvalue weighted by atomic mass is 32.2. The van der Waals surface area contributed by atoms with Gasteiger partial charge >= 0.3 is 0 Å². The van der Waals surface area contributed by atoms with Crippen LogP contribution in [0.1, 0.15) is 43.5 Å². The highest BCUT2D eigenvalue weighted by molar-refractivity contribution is 7.89. The molecule has 1 N–H and O–H groups in total. The Morgan fingerprint density at radius 1 is 1.10 bits per heavy atom. The lowest BCUT2D eigenvalue weighted by Gasteiger charge is -2.29. The molecule has 3 rings (SSSR count). The van der Waals surface area contributed by atoms with E-state index in [1.807, 2.05) is 13.0 Å². The molecule has 1 saturated heterocycles. The molecule has 0 aromatic heterocycles. The SMILES string of the molecule is CCCOc1ccccc1C(=O)Nc1ccc(S(=O)(=O)N2CCC(C)CC2)cc1. The Hall–Kier alpha value is -2.38. The zero-order valence-electron chi connectivity index (χ0n) is 16.9. The summed E-state index contributed by atoms with van der Waals surface area (Å²) in [6, 6.07) is 13.4. The van der Waals surface area contributed by atoms with Crippen molar-refractivity contribution in [1.82, 2.24) is 4.31 Å². The molecule has 7 heteroatoms. The lowest BCUT2D eigenvalue weighted by atomic mass is 10.0. The molecule has 6 nitrogen and oxygen atoms in total. The Morgan fingerprint density at radius 2 is 1.76 bits per heavy atom. The Kier molecular flexibility index (Phi) is 6.92. The van der Waals surface area contributed by atoms with Gasteiger partial charge in [0, 0.05) is 18.8 Å². The predicted octanol–water partition coefficient (Wildman–Crippen LogP) is 4.15. The first-order valence-electron chi connectivity index (χ1n) is 10.0. The quantitative estimate of drug-likeness (QED) is 0.736. The molecule has 156 valence electrons. The number of piperidine rings is 1. The number of anilines is 1. The van der Waals surface area contributed by atoms with Gasteiger partial charge < -0.3 is 10.1 Å². The molecule has 0 spiro atoms. The fraction of sp³-hybridized carbons (Fsp3) is 0.409. The van der Waals surface area contributed by atoms with Gasteiger partial charge in [-0.3, -0.25) is 4.79 Å². The van der Waals surface area contributed by atoms with E-state index in [-0.39, 0.29) is 10.8 Å². The van der Waals surface area contributed by atoms with Crippen molar-refractivity contribution in [2.24, 2.45) is 5.92 Å². The number of sulfonamides is 1. The average molecular weight is 417 g/mol. The Bertz CT molecular complexity index is 934. The van der Waals surface area contributed by atoms with E-state index in [2.05, 4.69) is 12.2 Å². The molecule has 1 aliphatic heterocycles. The van der Waals surface area contributed by atoms with Gasteiger partial charge in [0.15, 0.2) is 0 Å². The van der Waals surface area contributed by atoms with E-state index in [1.54, 1.807) is 46.8 Å². The van der Waals surface area contributed by atoms with Crippen molar-refractivity contribution in [3.8, 4) is 5.75 Å². The topological polar surface area (TPSA) is 75.7 Å². The number of hydrogen-bond acceptors (Lipinski definition) is 4. The van der Waals surface area contributed by atoms with Gasteiger partial charge in [0.2, 0.25) is 10.0 Å². The van der Waals surface area contributed by atoms with Crippen LogP contribution >= 0.6 is 0 Å². The molecule has 0 atom stereocenters. The first kappa shape index (κ1) is 21.3. The van der Waals surface area contributed by atoms with Crippen molar-refractivity contribution in [3.05, 3.63) is 54.1 Å². The zero-order chi connectivity index (χ0) is 20.9. The second-order valence-corrected chi connectivity index (χ2v) is 9.35. The number of nitrogens with one attached hydrogen (secondary N) is 1. The number of carbonyl (C=O) groups is 1. The van der Waals surface area contributed by atoms with Gasteiger partial charge in [-0.05, 0) is 61.6 Å². The van der Waals surface area contributed by atoms with E-state index in [0.29, 0.717) is 42.6 Å². The summed E-state index contributed by atoms with van der Waals surface area (Å²) in [6.07, 6.45) is 2.61. The van der Waals surface area contributed by atoms with Crippen LogP contribution in [0, 0.1) is 5.92 Å². The highest BCUT2D eigenvalue weighted by Gasteiger charge is 2.28. The Labute approximate surface area is 172 Å². The van der Waals surface area contributed by atoms with Crippen LogP contribution in [-0.2, 0) is 10.0 Å². The van der Waals surface area contributed by atoms with Crippen LogP contribution in [0.2, 0.25) is 0 Å². The second kappa shape index (κ2) is 9.41. The first-order chi connectivity index (χ1) is 13.9. The van der Waals surface area contributed by atoms with Crippen molar-refractivity contribution in [2.45, 2.75) is 38.0 Å². The number of amides is 1. The molecule has 0 radical (unpaired) electrons. The molecule has 1 heterocycles. The van der Waals surface area contributed by atoms with Gasteiger partial charge in [0.25, 0.3) is 5.91 Å². The lowest BCUT2D eigenvalue weighted by molar-refractivity contribution is 0.102. The number of hydrogen-bond donors (Lipinski definition) is 1. The molecular weight excluding hydrogens is 388 g/mol. The Balaban J connectivity index is 1.70. The molecule has 0 bridgehead atoms. The molecular formula is C22H28N2O4S. The van der Waals surface area contributed by atoms with E-state index in [1.165, 1.54) is 0 Å². The van der Waals surface area contributed by atoms with E-state index in [4.69, 9.17) is 4.74 Å². The first-order valence-corrected chi connectivity index (χ1v) is 11.5. The normalized spacial score (nSPS) is 15.8. The van der Waals surface area contributed by atoms with Gasteiger partial charge in [-0.25, -0.2) is 8.42 Å². The summed E-state index contributed by atoms with van der Waals surface area (Å²) in [5, 5.41) is 2.81. The molecule has 1 fully saturated rings. The van der Waals surface area contributed by atoms with Crippen molar-refractivity contribution in [1.29, 1.82) is 0 Å². The van der Waals surface area contributed by atoms with Crippen LogP contribution in [0.15, 0.2) is 53.4 Å². The monoisotopic (exact) mass is 416 g/mol. The minimum absolute atomic E-state index is 0.247. The summed E-state index contributed by atoms with van der Waals surface area (Å²) in [5.74, 6) is 0.797. The Morgan fingerprint density at radius 3 is 2.41 bits per heavy atom. The molecule has 29 heavy (non-hydrogen) atoms. The maximum atomic E-state index is 12.8. The van der Waals surface area contributed by atoms with Crippen LogP contribution in [0.5, 0.6) is 5.75 Å². The molecule has 1 amide bonds. The van der Waals surface area contributed by atoms with Crippen molar-refractivity contribution >= 4 is 21.6 Å². The minimum Gasteiger partial charge on any atom is -0.493 e. The summed E-state index contributed by atoms with van der Waals surface area (Å²) in [5.41, 5.74) is 0.978. The van der Waals surface area contributed by atoms with Gasteiger partial charge in [-0.15, -0.1) is 0 Å². The van der Waals surface area contributed by atoms with Gasteiger partial charge in [0.1, 0.15) is 5.75 Å². The molecule has 0 aliphatic carbocycles. The van der Waals surface area contributed by atoms with Crippen LogP contribution in [0.4, 0.5) is 5.69 Å². The molecule has 1 aliphatic rings. The third-order valence-corrected chi connectivity index (χ3v) is 7.00. The van der Waals surface area contributed by atoms with Crippen LogP contribution < -0.4 is 10.1 Å². The number of carbonyl (C=O) groups excluding carboxylic acids is 1. The van der Waals surface area contributed by atoms with Crippen LogP contribution in [-0.4, -0.2) is 38.3 Å². The summed E-state index contributed by atoms with van der Waals surface area (Å²) < 4.78 is 32.8. The van der Waals surface area contributed by atoms with Gasteiger partial charge in [0.05, 0.1) is 17.1 Å². The minimum atomic E-state index is -3.50. The van der Waals surface area contributed by atoms with E-state index in [9.17, 15) is 13.2 Å². The highest BCUT2D eigenvalue weighted by Crippen LogP contribution is 2.25. The van der Waals surface area contributed by atoms with E-state index >= 15 is 0 Å². The third-order valence-electron chi connectivity index (χ3n) is 5.09. The number of ether oxygens (including phenoxy) is 1.